The van der Waals surface area contributed by atoms with Gasteiger partial charge in [0.2, 0.25) is 0 Å². The number of ether oxygens (including phenoxy) is 1. The van der Waals surface area contributed by atoms with E-state index < -0.39 is 0 Å². The number of aromatic nitrogens is 1. The summed E-state index contributed by atoms with van der Waals surface area (Å²) >= 11 is 0. The van der Waals surface area contributed by atoms with E-state index in [1.807, 2.05) is 30.5 Å². The summed E-state index contributed by atoms with van der Waals surface area (Å²) in [6.07, 6.45) is 2.67. The van der Waals surface area contributed by atoms with Crippen LogP contribution in [0.15, 0.2) is 30.5 Å². The molecule has 0 saturated heterocycles. The Bertz CT molecular complexity index is 434. The van der Waals surface area contributed by atoms with E-state index in [9.17, 15) is 4.79 Å². The predicted octanol–water partition coefficient (Wildman–Crippen LogP) is 1.88. The average molecular weight is 189 g/mol. The van der Waals surface area contributed by atoms with E-state index in [2.05, 4.69) is 9.72 Å². The van der Waals surface area contributed by atoms with Crippen molar-refractivity contribution >= 4 is 17.4 Å². The van der Waals surface area contributed by atoms with E-state index in [0.29, 0.717) is 13.1 Å². The molecule has 2 rings (SSSR count). The van der Waals surface area contributed by atoms with Crippen molar-refractivity contribution in [3.8, 4) is 0 Å². The lowest BCUT2D eigenvalue weighted by Gasteiger charge is -2.01. The van der Waals surface area contributed by atoms with Gasteiger partial charge in [-0.3, -0.25) is 4.79 Å². The van der Waals surface area contributed by atoms with Crippen LogP contribution in [0.25, 0.3) is 10.9 Å². The predicted molar refractivity (Wildman–Crippen MR) is 54.0 cm³/mol. The number of rotatable bonds is 4. The van der Waals surface area contributed by atoms with Gasteiger partial charge in [-0.15, -0.1) is 0 Å². The average Bonchev–Trinajstić information content (AvgIpc) is 2.67. The van der Waals surface area contributed by atoms with Crippen LogP contribution in [0, 0.1) is 0 Å². The van der Waals surface area contributed by atoms with Crippen LogP contribution < -0.4 is 0 Å². The molecule has 0 radical (unpaired) electrons. The highest BCUT2D eigenvalue weighted by Crippen LogP contribution is 2.17. The van der Waals surface area contributed by atoms with Crippen LogP contribution >= 0.6 is 0 Å². The molecule has 0 fully saturated rings. The van der Waals surface area contributed by atoms with Gasteiger partial charge in [-0.1, -0.05) is 12.1 Å². The summed E-state index contributed by atoms with van der Waals surface area (Å²) < 4.78 is 4.67. The second-order valence-electron chi connectivity index (χ2n) is 3.07. The SMILES string of the molecule is O=COCCc1cccc2[nH]ccc12. The molecule has 72 valence electrons. The minimum absolute atomic E-state index is 0.438. The van der Waals surface area contributed by atoms with Crippen molar-refractivity contribution < 1.29 is 9.53 Å². The fourth-order valence-corrected chi connectivity index (χ4v) is 1.59. The highest BCUT2D eigenvalue weighted by molar-refractivity contribution is 5.82. The summed E-state index contributed by atoms with van der Waals surface area (Å²) in [7, 11) is 0. The van der Waals surface area contributed by atoms with Gasteiger partial charge in [0.15, 0.2) is 0 Å². The first-order valence-corrected chi connectivity index (χ1v) is 4.52. The zero-order valence-electron chi connectivity index (χ0n) is 7.69. The summed E-state index contributed by atoms with van der Waals surface area (Å²) in [6, 6.07) is 8.10. The van der Waals surface area contributed by atoms with Crippen molar-refractivity contribution in [1.29, 1.82) is 0 Å². The minimum atomic E-state index is 0.438. The van der Waals surface area contributed by atoms with Crippen LogP contribution in [-0.2, 0) is 16.0 Å². The molecule has 0 unspecified atom stereocenters. The van der Waals surface area contributed by atoms with Crippen LogP contribution in [-0.4, -0.2) is 18.1 Å². The first kappa shape index (κ1) is 8.81. The van der Waals surface area contributed by atoms with Gasteiger partial charge in [0, 0.05) is 23.5 Å². The Morgan fingerprint density at radius 1 is 1.36 bits per heavy atom. The number of carbonyl (C=O) groups is 1. The molecule has 0 aliphatic heterocycles. The molecule has 3 nitrogen and oxygen atoms in total. The maximum absolute atomic E-state index is 9.98. The van der Waals surface area contributed by atoms with Crippen molar-refractivity contribution in [2.45, 2.75) is 6.42 Å². The Hall–Kier alpha value is -1.77. The van der Waals surface area contributed by atoms with Gasteiger partial charge in [-0.25, -0.2) is 0 Å². The second-order valence-corrected chi connectivity index (χ2v) is 3.07. The highest BCUT2D eigenvalue weighted by atomic mass is 16.5. The normalized spacial score (nSPS) is 10.3. The van der Waals surface area contributed by atoms with E-state index in [0.717, 1.165) is 11.9 Å². The molecule has 0 spiro atoms. The van der Waals surface area contributed by atoms with E-state index in [-0.39, 0.29) is 0 Å². The van der Waals surface area contributed by atoms with Crippen LogP contribution in [0.4, 0.5) is 0 Å². The van der Waals surface area contributed by atoms with E-state index in [1.165, 1.54) is 10.9 Å². The van der Waals surface area contributed by atoms with Gasteiger partial charge >= 0.3 is 0 Å². The van der Waals surface area contributed by atoms with E-state index in [1.54, 1.807) is 0 Å². The number of nitrogens with one attached hydrogen (secondary N) is 1. The van der Waals surface area contributed by atoms with Crippen LogP contribution in [0.5, 0.6) is 0 Å². The fraction of sp³-hybridized carbons (Fsp3) is 0.182. The number of hydrogen-bond acceptors (Lipinski definition) is 2. The highest BCUT2D eigenvalue weighted by Gasteiger charge is 2.00. The fourth-order valence-electron chi connectivity index (χ4n) is 1.59. The van der Waals surface area contributed by atoms with Crippen molar-refractivity contribution in [3.63, 3.8) is 0 Å². The molecule has 2 aromatic rings. The number of benzene rings is 1. The quantitative estimate of drug-likeness (QED) is 0.589. The molecule has 0 aliphatic rings. The lowest BCUT2D eigenvalue weighted by atomic mass is 10.1. The first-order valence-electron chi connectivity index (χ1n) is 4.52. The number of carbonyl (C=O) groups excluding carboxylic acids is 1. The number of aromatic amines is 1. The first-order chi connectivity index (χ1) is 6.92. The molecule has 0 bridgehead atoms. The third-order valence-corrected chi connectivity index (χ3v) is 2.24. The Labute approximate surface area is 81.7 Å². The summed E-state index contributed by atoms with van der Waals surface area (Å²) in [5, 5.41) is 1.20. The molecular formula is C11H11NO2. The lowest BCUT2D eigenvalue weighted by Crippen LogP contribution is -1.96. The summed E-state index contributed by atoms with van der Waals surface area (Å²) in [6.45, 7) is 0.922. The topological polar surface area (TPSA) is 42.1 Å². The number of H-pyrrole nitrogens is 1. The van der Waals surface area contributed by atoms with Crippen molar-refractivity contribution in [2.75, 3.05) is 6.61 Å². The molecule has 0 aliphatic carbocycles. The summed E-state index contributed by atoms with van der Waals surface area (Å²) in [5.41, 5.74) is 2.32. The monoisotopic (exact) mass is 189 g/mol. The lowest BCUT2D eigenvalue weighted by molar-refractivity contribution is -0.128. The molecular weight excluding hydrogens is 178 g/mol. The molecule has 14 heavy (non-hydrogen) atoms. The maximum atomic E-state index is 9.98. The summed E-state index contributed by atoms with van der Waals surface area (Å²) in [4.78, 5) is 13.1. The standard InChI is InChI=1S/C11H11NO2/c13-8-14-7-5-9-2-1-3-11-10(9)4-6-12-11/h1-4,6,8,12H,5,7H2. The smallest absolute Gasteiger partial charge is 0.293 e. The van der Waals surface area contributed by atoms with Gasteiger partial charge in [-0.2, -0.15) is 0 Å². The molecule has 1 aromatic carbocycles. The molecule has 1 heterocycles. The van der Waals surface area contributed by atoms with Gasteiger partial charge in [0.25, 0.3) is 6.47 Å². The van der Waals surface area contributed by atoms with E-state index in [4.69, 9.17) is 0 Å². The van der Waals surface area contributed by atoms with Crippen molar-refractivity contribution in [2.24, 2.45) is 0 Å². The van der Waals surface area contributed by atoms with Gasteiger partial charge < -0.3 is 9.72 Å². The zero-order chi connectivity index (χ0) is 9.80. The molecule has 0 atom stereocenters. The van der Waals surface area contributed by atoms with Gasteiger partial charge in [0.05, 0.1) is 6.61 Å². The van der Waals surface area contributed by atoms with E-state index >= 15 is 0 Å². The van der Waals surface area contributed by atoms with Crippen molar-refractivity contribution in [3.05, 3.63) is 36.0 Å². The van der Waals surface area contributed by atoms with Crippen LogP contribution in [0.2, 0.25) is 0 Å². The molecule has 0 amide bonds. The molecule has 1 aromatic heterocycles. The van der Waals surface area contributed by atoms with Gasteiger partial charge in [0.1, 0.15) is 0 Å². The largest absolute Gasteiger partial charge is 0.468 e. The molecule has 3 heteroatoms. The van der Waals surface area contributed by atoms with Gasteiger partial charge in [-0.05, 0) is 17.7 Å². The minimum Gasteiger partial charge on any atom is -0.468 e. The van der Waals surface area contributed by atoms with Crippen LogP contribution in [0.3, 0.4) is 0 Å². The van der Waals surface area contributed by atoms with Crippen LogP contribution in [0.1, 0.15) is 5.56 Å². The number of fused-ring (bicyclic) bond motifs is 1. The molecule has 0 saturated carbocycles. The number of hydrogen-bond donors (Lipinski definition) is 1. The second kappa shape index (κ2) is 3.96. The third kappa shape index (κ3) is 1.62. The maximum Gasteiger partial charge on any atom is 0.293 e. The third-order valence-electron chi connectivity index (χ3n) is 2.24. The van der Waals surface area contributed by atoms with Crippen molar-refractivity contribution in [1.82, 2.24) is 4.98 Å². The Morgan fingerprint density at radius 2 is 2.29 bits per heavy atom. The summed E-state index contributed by atoms with van der Waals surface area (Å²) in [5.74, 6) is 0. The zero-order valence-corrected chi connectivity index (χ0v) is 7.69. The Kier molecular flexibility index (Phi) is 2.49. The molecule has 1 N–H and O–H groups in total. The Morgan fingerprint density at radius 3 is 3.14 bits per heavy atom. The Balaban J connectivity index is 2.23.